The van der Waals surface area contributed by atoms with Gasteiger partial charge in [-0.1, -0.05) is 17.7 Å². The molecule has 9 heteroatoms. The standard InChI is InChI=1S/C19H15ClN4O3S/c20-11-3-5-12(6-4-11)24-17-14(10-22-24)16(25)15(19(27)23-17)18(26)21-8-7-13-2-1-9-28-13/h1-6,9-10H,7-8H2,(H,21,26)(H2,23,25,27). The zero-order valence-electron chi connectivity index (χ0n) is 14.5. The van der Waals surface area contributed by atoms with Crippen LogP contribution in [0.5, 0.6) is 5.75 Å². The van der Waals surface area contributed by atoms with E-state index in [1.54, 1.807) is 35.6 Å². The number of rotatable bonds is 5. The number of carbonyl (C=O) groups is 1. The Labute approximate surface area is 168 Å². The normalized spacial score (nSPS) is 11.0. The first-order chi connectivity index (χ1) is 13.5. The summed E-state index contributed by atoms with van der Waals surface area (Å²) in [6.07, 6.45) is 2.05. The lowest BCUT2D eigenvalue weighted by Crippen LogP contribution is -2.31. The number of fused-ring (bicyclic) bond motifs is 1. The van der Waals surface area contributed by atoms with Gasteiger partial charge in [-0.25, -0.2) is 4.68 Å². The van der Waals surface area contributed by atoms with Gasteiger partial charge in [-0.2, -0.15) is 5.10 Å². The van der Waals surface area contributed by atoms with Crippen molar-refractivity contribution in [3.8, 4) is 11.4 Å². The average Bonchev–Trinajstić information content (AvgIpc) is 3.32. The molecule has 0 aliphatic carbocycles. The molecular formula is C19H15ClN4O3S. The number of aromatic nitrogens is 3. The number of hydrogen-bond donors (Lipinski definition) is 3. The number of carbonyl (C=O) groups excluding carboxylic acids is 1. The Morgan fingerprint density at radius 1 is 1.29 bits per heavy atom. The van der Waals surface area contributed by atoms with Crippen molar-refractivity contribution in [2.75, 3.05) is 6.54 Å². The minimum Gasteiger partial charge on any atom is -0.506 e. The minimum absolute atomic E-state index is 0.276. The molecular weight excluding hydrogens is 400 g/mol. The van der Waals surface area contributed by atoms with E-state index in [0.717, 1.165) is 4.88 Å². The van der Waals surface area contributed by atoms with Crippen molar-refractivity contribution in [1.82, 2.24) is 20.1 Å². The number of thiophene rings is 1. The molecule has 0 atom stereocenters. The Kier molecular flexibility index (Phi) is 4.89. The Hall–Kier alpha value is -3.10. The number of nitrogens with one attached hydrogen (secondary N) is 2. The molecule has 3 N–H and O–H groups in total. The summed E-state index contributed by atoms with van der Waals surface area (Å²) in [7, 11) is 0. The lowest BCUT2D eigenvalue weighted by molar-refractivity contribution is 0.0950. The Bertz CT molecular complexity index is 1200. The molecule has 0 unspecified atom stereocenters. The van der Waals surface area contributed by atoms with Crippen molar-refractivity contribution >= 4 is 39.9 Å². The van der Waals surface area contributed by atoms with Gasteiger partial charge < -0.3 is 15.4 Å². The summed E-state index contributed by atoms with van der Waals surface area (Å²) in [6, 6.07) is 10.8. The van der Waals surface area contributed by atoms with Crippen molar-refractivity contribution in [2.45, 2.75) is 6.42 Å². The number of nitrogens with zero attached hydrogens (tertiary/aromatic N) is 2. The van der Waals surface area contributed by atoms with Gasteiger partial charge in [0.2, 0.25) is 0 Å². The number of halogens is 1. The molecule has 0 aliphatic heterocycles. The second-order valence-electron chi connectivity index (χ2n) is 6.06. The highest BCUT2D eigenvalue weighted by molar-refractivity contribution is 7.09. The molecule has 7 nitrogen and oxygen atoms in total. The van der Waals surface area contributed by atoms with Crippen LogP contribution in [-0.2, 0) is 6.42 Å². The predicted octanol–water partition coefficient (Wildman–Crippen LogP) is 3.11. The third kappa shape index (κ3) is 3.39. The van der Waals surface area contributed by atoms with Crippen LogP contribution in [0.4, 0.5) is 0 Å². The van der Waals surface area contributed by atoms with Crippen LogP contribution in [-0.4, -0.2) is 32.3 Å². The Morgan fingerprint density at radius 3 is 2.79 bits per heavy atom. The predicted molar refractivity (Wildman–Crippen MR) is 109 cm³/mol. The number of pyridine rings is 1. The third-order valence-corrected chi connectivity index (χ3v) is 5.44. The molecule has 0 radical (unpaired) electrons. The Balaban J connectivity index is 1.64. The fourth-order valence-electron chi connectivity index (χ4n) is 2.89. The molecule has 1 aromatic carbocycles. The van der Waals surface area contributed by atoms with Crippen LogP contribution in [0.15, 0.2) is 52.8 Å². The first-order valence-corrected chi connectivity index (χ1v) is 9.70. The van der Waals surface area contributed by atoms with Crippen LogP contribution in [0.3, 0.4) is 0 Å². The van der Waals surface area contributed by atoms with Crippen LogP contribution in [0.1, 0.15) is 15.2 Å². The molecule has 0 fully saturated rings. The first kappa shape index (κ1) is 18.3. The van der Waals surface area contributed by atoms with Crippen LogP contribution < -0.4 is 10.9 Å². The monoisotopic (exact) mass is 414 g/mol. The molecule has 3 heterocycles. The highest BCUT2D eigenvalue weighted by atomic mass is 35.5. The molecule has 0 spiro atoms. The summed E-state index contributed by atoms with van der Waals surface area (Å²) < 4.78 is 1.46. The molecule has 142 valence electrons. The number of aromatic amines is 1. The van der Waals surface area contributed by atoms with Crippen molar-refractivity contribution in [3.63, 3.8) is 0 Å². The number of hydrogen-bond acceptors (Lipinski definition) is 5. The van der Waals surface area contributed by atoms with Crippen molar-refractivity contribution in [1.29, 1.82) is 0 Å². The van der Waals surface area contributed by atoms with Gasteiger partial charge in [0, 0.05) is 16.4 Å². The average molecular weight is 415 g/mol. The minimum atomic E-state index is -0.686. The van der Waals surface area contributed by atoms with E-state index in [-0.39, 0.29) is 10.9 Å². The van der Waals surface area contributed by atoms with Gasteiger partial charge in [-0.15, -0.1) is 11.3 Å². The van der Waals surface area contributed by atoms with Crippen LogP contribution in [0.2, 0.25) is 5.02 Å². The molecule has 3 aromatic heterocycles. The SMILES string of the molecule is O=C(NCCc1cccs1)c1c(O)c2cnn(-c3ccc(Cl)cc3)c2[nH]c1=O. The second-order valence-corrected chi connectivity index (χ2v) is 7.53. The van der Waals surface area contributed by atoms with E-state index in [4.69, 9.17) is 11.6 Å². The van der Waals surface area contributed by atoms with Crippen LogP contribution >= 0.6 is 22.9 Å². The van der Waals surface area contributed by atoms with E-state index in [9.17, 15) is 14.7 Å². The van der Waals surface area contributed by atoms with E-state index in [1.165, 1.54) is 10.9 Å². The fourth-order valence-corrected chi connectivity index (χ4v) is 3.72. The fraction of sp³-hybridized carbons (Fsp3) is 0.105. The van der Waals surface area contributed by atoms with Gasteiger partial charge in [-0.3, -0.25) is 9.59 Å². The van der Waals surface area contributed by atoms with Gasteiger partial charge >= 0.3 is 0 Å². The molecule has 0 aliphatic rings. The lowest BCUT2D eigenvalue weighted by atomic mass is 10.2. The number of aromatic hydroxyl groups is 1. The highest BCUT2D eigenvalue weighted by Crippen LogP contribution is 2.26. The molecule has 4 aromatic rings. The molecule has 28 heavy (non-hydrogen) atoms. The summed E-state index contributed by atoms with van der Waals surface area (Å²) in [5.41, 5.74) is -0.0637. The Morgan fingerprint density at radius 2 is 2.07 bits per heavy atom. The van der Waals surface area contributed by atoms with E-state index in [0.29, 0.717) is 29.3 Å². The number of benzene rings is 1. The quantitative estimate of drug-likeness (QED) is 0.467. The van der Waals surface area contributed by atoms with E-state index >= 15 is 0 Å². The van der Waals surface area contributed by atoms with E-state index in [1.807, 2.05) is 17.5 Å². The summed E-state index contributed by atoms with van der Waals surface area (Å²) in [5.74, 6) is -1.02. The van der Waals surface area contributed by atoms with Gasteiger partial charge in [0.1, 0.15) is 17.0 Å². The maximum absolute atomic E-state index is 12.5. The summed E-state index contributed by atoms with van der Waals surface area (Å²) in [6.45, 7) is 0.361. The molecule has 4 rings (SSSR count). The summed E-state index contributed by atoms with van der Waals surface area (Å²) >= 11 is 7.49. The van der Waals surface area contributed by atoms with Crippen molar-refractivity contribution < 1.29 is 9.90 Å². The topological polar surface area (TPSA) is 100 Å². The zero-order chi connectivity index (χ0) is 19.7. The van der Waals surface area contributed by atoms with Crippen LogP contribution in [0, 0.1) is 0 Å². The summed E-state index contributed by atoms with van der Waals surface area (Å²) in [5, 5.41) is 20.2. The second kappa shape index (κ2) is 7.49. The van der Waals surface area contributed by atoms with Gasteiger partial charge in [-0.05, 0) is 42.1 Å². The van der Waals surface area contributed by atoms with Gasteiger partial charge in [0.05, 0.1) is 17.3 Å². The van der Waals surface area contributed by atoms with Gasteiger partial charge in [0.15, 0.2) is 0 Å². The molecule has 1 amide bonds. The maximum atomic E-state index is 12.5. The molecule has 0 saturated heterocycles. The third-order valence-electron chi connectivity index (χ3n) is 4.26. The largest absolute Gasteiger partial charge is 0.506 e. The van der Waals surface area contributed by atoms with Crippen molar-refractivity contribution in [2.24, 2.45) is 0 Å². The molecule has 0 bridgehead atoms. The van der Waals surface area contributed by atoms with E-state index < -0.39 is 17.2 Å². The van der Waals surface area contributed by atoms with Crippen molar-refractivity contribution in [3.05, 3.63) is 73.8 Å². The lowest BCUT2D eigenvalue weighted by Gasteiger charge is -2.08. The first-order valence-electron chi connectivity index (χ1n) is 8.44. The highest BCUT2D eigenvalue weighted by Gasteiger charge is 2.21. The zero-order valence-corrected chi connectivity index (χ0v) is 16.0. The van der Waals surface area contributed by atoms with Crippen LogP contribution in [0.25, 0.3) is 16.7 Å². The van der Waals surface area contributed by atoms with Gasteiger partial charge in [0.25, 0.3) is 11.5 Å². The van der Waals surface area contributed by atoms with E-state index in [2.05, 4.69) is 15.4 Å². The smallest absolute Gasteiger partial charge is 0.266 e. The maximum Gasteiger partial charge on any atom is 0.266 e. The number of H-pyrrole nitrogens is 1. The summed E-state index contributed by atoms with van der Waals surface area (Å²) in [4.78, 5) is 28.7. The molecule has 0 saturated carbocycles. The number of amides is 1.